The molecule has 1 aromatic carbocycles. The maximum atomic E-state index is 13.0. The second kappa shape index (κ2) is 4.47. The van der Waals surface area contributed by atoms with Gasteiger partial charge in [-0.05, 0) is 25.0 Å². The van der Waals surface area contributed by atoms with Crippen molar-refractivity contribution in [3.63, 3.8) is 0 Å². The molecule has 0 bridgehead atoms. The predicted octanol–water partition coefficient (Wildman–Crippen LogP) is 2.49. The average Bonchev–Trinajstić information content (AvgIpc) is 3.12. The fourth-order valence-electron chi connectivity index (χ4n) is 2.41. The molecule has 0 saturated heterocycles. The van der Waals surface area contributed by atoms with Crippen LogP contribution in [0.4, 0.5) is 4.39 Å². The van der Waals surface area contributed by atoms with Gasteiger partial charge in [0.1, 0.15) is 11.3 Å². The molecule has 1 N–H and O–H groups in total. The van der Waals surface area contributed by atoms with Crippen LogP contribution in [0.2, 0.25) is 0 Å². The van der Waals surface area contributed by atoms with Gasteiger partial charge in [0.2, 0.25) is 0 Å². The Kier molecular flexibility index (Phi) is 2.88. The normalized spacial score (nSPS) is 16.3. The summed E-state index contributed by atoms with van der Waals surface area (Å²) in [5, 5.41) is 9.14. The van der Waals surface area contributed by atoms with Crippen LogP contribution in [0.3, 0.4) is 0 Å². The van der Waals surface area contributed by atoms with Gasteiger partial charge in [0, 0.05) is 12.0 Å². The van der Waals surface area contributed by atoms with Crippen LogP contribution in [-0.4, -0.2) is 34.4 Å². The van der Waals surface area contributed by atoms with E-state index in [2.05, 4.69) is 4.98 Å². The number of ether oxygens (including phenoxy) is 1. The molecule has 106 valence electrons. The zero-order valence-corrected chi connectivity index (χ0v) is 11.1. The standard InChI is InChI=1S/C14H15FN2O3/c1-20-11-5-9(13(18)19)4-10-12(11)16-8-17(10)7-14(6-15)2-3-14/h4-5,8H,2-3,6-7H2,1H3,(H,18,19). The number of fused-ring (bicyclic) bond motifs is 1. The van der Waals surface area contributed by atoms with E-state index in [4.69, 9.17) is 9.84 Å². The summed E-state index contributed by atoms with van der Waals surface area (Å²) in [5.74, 6) is -0.603. The number of hydrogen-bond donors (Lipinski definition) is 1. The van der Waals surface area contributed by atoms with E-state index in [0.29, 0.717) is 23.3 Å². The van der Waals surface area contributed by atoms with Crippen LogP contribution in [0.1, 0.15) is 23.2 Å². The zero-order valence-electron chi connectivity index (χ0n) is 11.1. The number of benzene rings is 1. The number of methoxy groups -OCH3 is 1. The van der Waals surface area contributed by atoms with Gasteiger partial charge >= 0.3 is 5.97 Å². The minimum absolute atomic E-state index is 0.140. The van der Waals surface area contributed by atoms with Gasteiger partial charge in [-0.15, -0.1) is 0 Å². The maximum Gasteiger partial charge on any atom is 0.335 e. The van der Waals surface area contributed by atoms with Crippen molar-refractivity contribution in [1.29, 1.82) is 0 Å². The van der Waals surface area contributed by atoms with E-state index in [-0.39, 0.29) is 17.7 Å². The molecular formula is C14H15FN2O3. The molecule has 0 radical (unpaired) electrons. The van der Waals surface area contributed by atoms with Crippen molar-refractivity contribution in [2.24, 2.45) is 5.41 Å². The van der Waals surface area contributed by atoms with Crippen molar-refractivity contribution in [3.8, 4) is 5.75 Å². The van der Waals surface area contributed by atoms with Gasteiger partial charge in [-0.3, -0.25) is 4.39 Å². The summed E-state index contributed by atoms with van der Waals surface area (Å²) in [5.41, 5.74) is 1.12. The molecule has 6 heteroatoms. The van der Waals surface area contributed by atoms with Crippen LogP contribution in [0, 0.1) is 5.41 Å². The van der Waals surface area contributed by atoms with Gasteiger partial charge in [0.05, 0.1) is 31.2 Å². The summed E-state index contributed by atoms with van der Waals surface area (Å²) in [7, 11) is 1.48. The highest BCUT2D eigenvalue weighted by atomic mass is 19.1. The van der Waals surface area contributed by atoms with Gasteiger partial charge in [0.15, 0.2) is 0 Å². The second-order valence-corrected chi connectivity index (χ2v) is 5.36. The van der Waals surface area contributed by atoms with Gasteiger partial charge in [-0.25, -0.2) is 9.78 Å². The molecular weight excluding hydrogens is 263 g/mol. The zero-order chi connectivity index (χ0) is 14.3. The van der Waals surface area contributed by atoms with Crippen molar-refractivity contribution in [3.05, 3.63) is 24.0 Å². The number of alkyl halides is 1. The minimum atomic E-state index is -1.02. The highest BCUT2D eigenvalue weighted by Crippen LogP contribution is 2.48. The second-order valence-electron chi connectivity index (χ2n) is 5.36. The Morgan fingerprint density at radius 1 is 1.55 bits per heavy atom. The Morgan fingerprint density at radius 2 is 2.30 bits per heavy atom. The van der Waals surface area contributed by atoms with E-state index in [1.54, 1.807) is 12.4 Å². The van der Waals surface area contributed by atoms with Crippen molar-refractivity contribution < 1.29 is 19.0 Å². The lowest BCUT2D eigenvalue weighted by atomic mass is 10.1. The van der Waals surface area contributed by atoms with E-state index in [9.17, 15) is 9.18 Å². The highest BCUT2D eigenvalue weighted by Gasteiger charge is 2.43. The summed E-state index contributed by atoms with van der Waals surface area (Å²) < 4.78 is 20.0. The van der Waals surface area contributed by atoms with E-state index < -0.39 is 5.97 Å². The molecule has 1 aromatic heterocycles. The quantitative estimate of drug-likeness (QED) is 0.912. The predicted molar refractivity (Wildman–Crippen MR) is 70.9 cm³/mol. The number of carbonyl (C=O) groups is 1. The molecule has 0 aliphatic heterocycles. The minimum Gasteiger partial charge on any atom is -0.494 e. The number of carboxylic acid groups (broad SMARTS) is 1. The summed E-state index contributed by atoms with van der Waals surface area (Å²) in [6.07, 6.45) is 3.34. The Morgan fingerprint density at radius 3 is 2.85 bits per heavy atom. The summed E-state index contributed by atoms with van der Waals surface area (Å²) in [6.45, 7) is 0.161. The average molecular weight is 278 g/mol. The molecule has 3 rings (SSSR count). The molecule has 1 aliphatic rings. The number of hydrogen-bond acceptors (Lipinski definition) is 3. The number of halogens is 1. The molecule has 0 spiro atoms. The van der Waals surface area contributed by atoms with E-state index in [1.165, 1.54) is 13.2 Å². The van der Waals surface area contributed by atoms with Gasteiger partial charge in [0.25, 0.3) is 0 Å². The van der Waals surface area contributed by atoms with Crippen molar-refractivity contribution >= 4 is 17.0 Å². The van der Waals surface area contributed by atoms with Crippen molar-refractivity contribution in [1.82, 2.24) is 9.55 Å². The first-order valence-corrected chi connectivity index (χ1v) is 6.41. The summed E-state index contributed by atoms with van der Waals surface area (Å²) >= 11 is 0. The maximum absolute atomic E-state index is 13.0. The third-order valence-corrected chi connectivity index (χ3v) is 3.90. The molecule has 1 fully saturated rings. The van der Waals surface area contributed by atoms with Gasteiger partial charge in [-0.1, -0.05) is 0 Å². The molecule has 5 nitrogen and oxygen atoms in total. The lowest BCUT2D eigenvalue weighted by Gasteiger charge is -2.12. The van der Waals surface area contributed by atoms with E-state index in [0.717, 1.165) is 12.8 Å². The molecule has 0 amide bonds. The summed E-state index contributed by atoms with van der Waals surface area (Å²) in [4.78, 5) is 15.4. The fraction of sp³-hybridized carbons (Fsp3) is 0.429. The Hall–Kier alpha value is -2.11. The monoisotopic (exact) mass is 278 g/mol. The van der Waals surface area contributed by atoms with Crippen LogP contribution < -0.4 is 4.74 Å². The highest BCUT2D eigenvalue weighted by molar-refractivity contribution is 5.95. The van der Waals surface area contributed by atoms with E-state index in [1.807, 2.05) is 4.57 Å². The van der Waals surface area contributed by atoms with Gasteiger partial charge < -0.3 is 14.4 Å². The molecule has 1 aliphatic carbocycles. The molecule has 1 heterocycles. The molecule has 0 atom stereocenters. The van der Waals surface area contributed by atoms with Crippen LogP contribution in [0.5, 0.6) is 5.75 Å². The molecule has 1 saturated carbocycles. The fourth-order valence-corrected chi connectivity index (χ4v) is 2.41. The third-order valence-electron chi connectivity index (χ3n) is 3.90. The number of aromatic carboxylic acids is 1. The number of imidazole rings is 1. The third kappa shape index (κ3) is 2.01. The molecule has 2 aromatic rings. The first-order valence-electron chi connectivity index (χ1n) is 6.41. The number of rotatable bonds is 5. The first kappa shape index (κ1) is 12.9. The first-order chi connectivity index (χ1) is 9.58. The van der Waals surface area contributed by atoms with Crippen molar-refractivity contribution in [2.75, 3.05) is 13.8 Å². The number of aromatic nitrogens is 2. The topological polar surface area (TPSA) is 64.3 Å². The van der Waals surface area contributed by atoms with E-state index >= 15 is 0 Å². The Balaban J connectivity index is 2.09. The lowest BCUT2D eigenvalue weighted by Crippen LogP contribution is -2.13. The van der Waals surface area contributed by atoms with Crippen LogP contribution in [-0.2, 0) is 6.54 Å². The van der Waals surface area contributed by atoms with Crippen LogP contribution in [0.15, 0.2) is 18.5 Å². The van der Waals surface area contributed by atoms with Gasteiger partial charge in [-0.2, -0.15) is 0 Å². The lowest BCUT2D eigenvalue weighted by molar-refractivity contribution is 0.0696. The van der Waals surface area contributed by atoms with Crippen LogP contribution in [0.25, 0.3) is 11.0 Å². The number of nitrogens with zero attached hydrogens (tertiary/aromatic N) is 2. The summed E-state index contributed by atoms with van der Waals surface area (Å²) in [6, 6.07) is 3.01. The largest absolute Gasteiger partial charge is 0.494 e. The Labute approximate surface area is 115 Å². The number of carboxylic acids is 1. The van der Waals surface area contributed by atoms with Crippen molar-refractivity contribution in [2.45, 2.75) is 19.4 Å². The smallest absolute Gasteiger partial charge is 0.335 e. The SMILES string of the molecule is COc1cc(C(=O)O)cc2c1ncn2CC1(CF)CC1. The van der Waals surface area contributed by atoms with Crippen LogP contribution >= 0.6 is 0 Å². The molecule has 20 heavy (non-hydrogen) atoms. The Bertz CT molecular complexity index is 676. The molecule has 0 unspecified atom stereocenters.